The molecule has 0 radical (unpaired) electrons. The maximum absolute atomic E-state index is 13.6. The van der Waals surface area contributed by atoms with Gasteiger partial charge in [0.25, 0.3) is 29.4 Å². The number of thioether (sulfide) groups is 2. The maximum atomic E-state index is 13.6. The number of thiazole rings is 1. The van der Waals surface area contributed by atoms with Crippen LogP contribution in [-0.2, 0) is 37.2 Å². The summed E-state index contributed by atoms with van der Waals surface area (Å²) in [5.74, 6) is -5.75. The summed E-state index contributed by atoms with van der Waals surface area (Å²) in [5, 5.41) is 62.2. The zero-order valence-electron chi connectivity index (χ0n) is 29.9. The average molecular weight is 852 g/mol. The number of phenols is 2. The number of nitrogen functional groups attached to an aromatic ring is 1. The first kappa shape index (κ1) is 43.1. The monoisotopic (exact) mass is 851 g/mol. The number of phenolic OH excluding ortho intramolecular Hbond substituents is 2. The van der Waals surface area contributed by atoms with E-state index in [9.17, 15) is 49.5 Å². The number of fused-ring (bicyclic) bond motifs is 2. The van der Waals surface area contributed by atoms with Gasteiger partial charge in [-0.25, -0.2) is 9.97 Å². The summed E-state index contributed by atoms with van der Waals surface area (Å²) >= 11 is 3.28. The first-order valence-electron chi connectivity index (χ1n) is 16.0. The molecule has 0 spiro atoms. The van der Waals surface area contributed by atoms with E-state index < -0.39 is 77.0 Å². The molecule has 22 nitrogen and oxygen atoms in total. The second-order valence-corrected chi connectivity index (χ2v) is 15.2. The number of aliphatic carboxylic acids is 1. The third-order valence-corrected chi connectivity index (χ3v) is 11.1. The topological polar surface area (TPSA) is 332 Å². The van der Waals surface area contributed by atoms with Gasteiger partial charge in [0.05, 0.1) is 24.0 Å². The van der Waals surface area contributed by atoms with Crippen molar-refractivity contribution in [1.29, 1.82) is 0 Å². The second kappa shape index (κ2) is 17.6. The standard InChI is InChI=1S/C31H31N11O11S3.Na/c1-31(2,28(52)38-37-23(47)12-3-4-16(45)17(46)5-12)53-40-20(15-11-56-29(32)34-15)24(48)36-21-25(49)41-22(27(50)51)13(10-55-26(21)41)9-54-19-6-14(7-43)33-30-35-18(8-44)39-42(19)30;/h3-6,11,21,26,43-46H,7-10H2,1-2H3,(H2,32,34)(H,36,48)(H,37,47)(H,38,52)(H,50,51);/q;+1/p-1/t21?,26-;/m1./s1. The van der Waals surface area contributed by atoms with Crippen LogP contribution in [-0.4, -0.2) is 114 Å². The summed E-state index contributed by atoms with van der Waals surface area (Å²) in [5.41, 5.74) is 7.79. The fraction of sp³-hybridized carbons (Fsp3) is 0.290. The van der Waals surface area contributed by atoms with Gasteiger partial charge < -0.3 is 46.2 Å². The Morgan fingerprint density at radius 3 is 2.51 bits per heavy atom. The Balaban J connectivity index is 0.00000620. The number of nitrogens with zero attached hydrogens (tertiary/aromatic N) is 7. The van der Waals surface area contributed by atoms with Crippen LogP contribution in [0.1, 0.15) is 41.4 Å². The molecule has 9 N–H and O–H groups in total. The minimum Gasteiger partial charge on any atom is -0.543 e. The summed E-state index contributed by atoms with van der Waals surface area (Å²) in [6, 6.07) is 3.56. The number of nitrogens with two attached hydrogens (primary N) is 1. The van der Waals surface area contributed by atoms with E-state index in [4.69, 9.17) is 10.6 Å². The van der Waals surface area contributed by atoms with Crippen LogP contribution in [0.5, 0.6) is 11.5 Å². The van der Waals surface area contributed by atoms with Gasteiger partial charge in [-0.3, -0.25) is 34.9 Å². The van der Waals surface area contributed by atoms with Crippen LogP contribution in [0.4, 0.5) is 5.13 Å². The molecule has 0 aliphatic carbocycles. The van der Waals surface area contributed by atoms with Crippen molar-refractivity contribution in [1.82, 2.24) is 45.6 Å². The van der Waals surface area contributed by atoms with Crippen molar-refractivity contribution in [2.75, 3.05) is 17.2 Å². The van der Waals surface area contributed by atoms with Gasteiger partial charge in [-0.05, 0) is 43.7 Å². The number of carboxylic acid groups (broad SMARTS) is 1. The molecule has 57 heavy (non-hydrogen) atoms. The molecule has 294 valence electrons. The predicted octanol–water partition coefficient (Wildman–Crippen LogP) is -5.28. The number of carbonyl (C=O) groups is 5. The first-order valence-corrected chi connectivity index (χ1v) is 18.9. The van der Waals surface area contributed by atoms with Gasteiger partial charge in [-0.15, -0.1) is 40.0 Å². The molecule has 2 atom stereocenters. The predicted molar refractivity (Wildman–Crippen MR) is 194 cm³/mol. The number of β-lactam (4-membered cyclic amide) rings is 1. The van der Waals surface area contributed by atoms with Crippen LogP contribution < -0.4 is 56.6 Å². The third-order valence-electron chi connectivity index (χ3n) is 8.02. The number of anilines is 1. The van der Waals surface area contributed by atoms with Crippen LogP contribution >= 0.6 is 34.9 Å². The first-order chi connectivity index (χ1) is 26.6. The number of aliphatic hydroxyl groups excluding tert-OH is 2. The van der Waals surface area contributed by atoms with Crippen LogP contribution in [0, 0.1) is 0 Å². The Morgan fingerprint density at radius 2 is 1.86 bits per heavy atom. The van der Waals surface area contributed by atoms with E-state index in [0.717, 1.165) is 40.1 Å². The van der Waals surface area contributed by atoms with E-state index in [-0.39, 0.29) is 80.4 Å². The van der Waals surface area contributed by atoms with Crippen molar-refractivity contribution in [3.63, 3.8) is 0 Å². The van der Waals surface area contributed by atoms with Crippen molar-refractivity contribution >= 4 is 81.1 Å². The molecule has 4 aromatic rings. The zero-order chi connectivity index (χ0) is 40.5. The number of hydrazine groups is 1. The van der Waals surface area contributed by atoms with Crippen molar-refractivity contribution in [2.45, 2.75) is 49.1 Å². The molecular formula is C31H30N11NaO11S3. The minimum atomic E-state index is -1.83. The van der Waals surface area contributed by atoms with E-state index in [1.165, 1.54) is 47.6 Å². The number of nitrogens with one attached hydrogen (secondary N) is 3. The van der Waals surface area contributed by atoms with Gasteiger partial charge >= 0.3 is 29.6 Å². The number of carboxylic acids is 1. The summed E-state index contributed by atoms with van der Waals surface area (Å²) in [6.07, 6.45) is 0. The number of aromatic hydroxyl groups is 2. The number of carbonyl (C=O) groups excluding carboxylic acids is 5. The Kier molecular flexibility index (Phi) is 13.3. The number of amides is 4. The van der Waals surface area contributed by atoms with E-state index in [1.807, 2.05) is 0 Å². The molecular weight excluding hydrogens is 822 g/mol. The number of hydrogen-bond acceptors (Lipinski definition) is 20. The van der Waals surface area contributed by atoms with E-state index in [1.54, 1.807) is 0 Å². The molecule has 1 aromatic carbocycles. The minimum absolute atomic E-state index is 0. The molecule has 0 saturated carbocycles. The largest absolute Gasteiger partial charge is 1.00 e. The van der Waals surface area contributed by atoms with Gasteiger partial charge in [0.1, 0.15) is 28.7 Å². The van der Waals surface area contributed by atoms with Gasteiger partial charge in [-0.1, -0.05) is 5.16 Å². The Morgan fingerprint density at radius 1 is 1.11 bits per heavy atom. The molecule has 1 fully saturated rings. The third kappa shape index (κ3) is 9.09. The van der Waals surface area contributed by atoms with Gasteiger partial charge in [0, 0.05) is 22.4 Å². The van der Waals surface area contributed by atoms with E-state index in [2.05, 4.69) is 41.4 Å². The molecule has 1 saturated heterocycles. The van der Waals surface area contributed by atoms with Crippen molar-refractivity contribution in [2.24, 2.45) is 5.16 Å². The van der Waals surface area contributed by atoms with Gasteiger partial charge in [0.2, 0.25) is 5.60 Å². The quantitative estimate of drug-likeness (QED) is 0.0118. The molecule has 3 aromatic heterocycles. The molecule has 6 rings (SSSR count). The summed E-state index contributed by atoms with van der Waals surface area (Å²) in [7, 11) is 0. The molecule has 2 aliphatic heterocycles. The summed E-state index contributed by atoms with van der Waals surface area (Å²) in [4.78, 5) is 83.6. The maximum Gasteiger partial charge on any atom is 1.00 e. The Hall–Kier alpha value is -5.02. The van der Waals surface area contributed by atoms with Crippen LogP contribution in [0.15, 0.2) is 51.1 Å². The number of rotatable bonds is 13. The number of benzene rings is 1. The Labute approximate surface area is 355 Å². The zero-order valence-corrected chi connectivity index (χ0v) is 34.4. The fourth-order valence-electron chi connectivity index (χ4n) is 5.14. The van der Waals surface area contributed by atoms with Crippen molar-refractivity contribution in [3.8, 4) is 11.5 Å². The van der Waals surface area contributed by atoms with Crippen LogP contribution in [0.2, 0.25) is 0 Å². The molecule has 4 amide bonds. The smallest absolute Gasteiger partial charge is 0.543 e. The second-order valence-electron chi connectivity index (χ2n) is 12.3. The molecule has 26 heteroatoms. The van der Waals surface area contributed by atoms with E-state index in [0.29, 0.717) is 10.6 Å². The summed E-state index contributed by atoms with van der Waals surface area (Å²) in [6.45, 7) is 1.67. The number of aromatic nitrogens is 5. The number of hydrogen-bond donors (Lipinski definition) is 8. The Bertz CT molecular complexity index is 2330. The average Bonchev–Trinajstić information content (AvgIpc) is 3.81. The van der Waals surface area contributed by atoms with Crippen molar-refractivity contribution < 1.29 is 83.9 Å². The molecule has 2 aliphatic rings. The van der Waals surface area contributed by atoms with Crippen LogP contribution in [0.25, 0.3) is 5.78 Å². The van der Waals surface area contributed by atoms with Gasteiger partial charge in [-0.2, -0.15) is 9.50 Å². The normalized spacial score (nSPS) is 16.7. The number of oxime groups is 1. The summed E-state index contributed by atoms with van der Waals surface area (Å²) < 4.78 is 1.34. The van der Waals surface area contributed by atoms with Crippen molar-refractivity contribution in [3.05, 3.63) is 63.7 Å². The van der Waals surface area contributed by atoms with E-state index >= 15 is 0 Å². The van der Waals surface area contributed by atoms with Crippen LogP contribution in [0.3, 0.4) is 0 Å². The number of aliphatic hydroxyl groups is 2. The molecule has 5 heterocycles. The fourth-order valence-corrected chi connectivity index (χ4v) is 8.19. The van der Waals surface area contributed by atoms with Gasteiger partial charge in [0.15, 0.2) is 28.2 Å². The molecule has 0 bridgehead atoms. The SMILES string of the molecule is CC(C)(ON=C(C(=O)NC1C(=O)N2C(C(=O)[O-])=C(CSc3cc(CO)nc4nc(CO)nn34)CS[C@H]12)c1csc(N)n1)C(=O)NNC(=O)c1ccc(O)c(O)c1.[Na+]. The molecule has 1 unspecified atom stereocenters.